The summed E-state index contributed by atoms with van der Waals surface area (Å²) in [6, 6.07) is 11.0. The van der Waals surface area contributed by atoms with E-state index in [2.05, 4.69) is 0 Å². The number of rotatable bonds is 4. The number of nitro benzene ring substituents is 2. The molecule has 22 heavy (non-hydrogen) atoms. The van der Waals surface area contributed by atoms with Crippen LogP contribution in [0.5, 0.6) is 0 Å². The lowest BCUT2D eigenvalue weighted by Gasteiger charge is -2.20. The number of anilines is 2. The van der Waals surface area contributed by atoms with Gasteiger partial charge in [-0.05, 0) is 18.2 Å². The fraction of sp³-hybridized carbons (Fsp3) is 0.0714. The van der Waals surface area contributed by atoms with Gasteiger partial charge in [-0.2, -0.15) is 0 Å². The summed E-state index contributed by atoms with van der Waals surface area (Å²) in [4.78, 5) is 33.7. The average Bonchev–Trinajstić information content (AvgIpc) is 2.48. The molecule has 0 aliphatic heterocycles. The largest absolute Gasteiger partial charge is 0.293 e. The summed E-state index contributed by atoms with van der Waals surface area (Å²) >= 11 is 0. The second-order valence-electron chi connectivity index (χ2n) is 4.37. The number of hydrogen-bond acceptors (Lipinski definition) is 5. The molecular weight excluding hydrogens is 290 g/mol. The number of benzene rings is 2. The van der Waals surface area contributed by atoms with Crippen molar-refractivity contribution in [2.75, 3.05) is 4.90 Å². The van der Waals surface area contributed by atoms with Gasteiger partial charge in [0.25, 0.3) is 11.4 Å². The standard InChI is InChI=1S/C14H11N3O5/c1-10(18)15(11-6-8-12(9-7-11)16(19)20)13-4-2-3-5-14(13)17(21)22/h2-9H,1H3. The first-order valence-electron chi connectivity index (χ1n) is 6.20. The number of carbonyl (C=O) groups excluding carboxylic acids is 1. The number of non-ortho nitro benzene ring substituents is 1. The van der Waals surface area contributed by atoms with Crippen LogP contribution < -0.4 is 4.90 Å². The third-order valence-electron chi connectivity index (χ3n) is 2.95. The van der Waals surface area contributed by atoms with Crippen LogP contribution in [0, 0.1) is 20.2 Å². The fourth-order valence-electron chi connectivity index (χ4n) is 2.02. The molecule has 0 saturated carbocycles. The van der Waals surface area contributed by atoms with Crippen molar-refractivity contribution in [1.29, 1.82) is 0 Å². The summed E-state index contributed by atoms with van der Waals surface area (Å²) in [6.45, 7) is 1.26. The Labute approximate surface area is 124 Å². The van der Waals surface area contributed by atoms with Gasteiger partial charge in [-0.3, -0.25) is 29.9 Å². The fourth-order valence-corrected chi connectivity index (χ4v) is 2.02. The van der Waals surface area contributed by atoms with Crippen LogP contribution in [0.2, 0.25) is 0 Å². The molecule has 8 heteroatoms. The molecule has 0 spiro atoms. The van der Waals surface area contributed by atoms with Gasteiger partial charge in [0, 0.05) is 30.8 Å². The second kappa shape index (κ2) is 6.00. The Hall–Kier alpha value is -3.29. The molecule has 0 radical (unpaired) electrons. The summed E-state index contributed by atoms with van der Waals surface area (Å²) in [7, 11) is 0. The van der Waals surface area contributed by atoms with E-state index in [9.17, 15) is 25.0 Å². The van der Waals surface area contributed by atoms with Gasteiger partial charge in [-0.25, -0.2) is 0 Å². The zero-order valence-corrected chi connectivity index (χ0v) is 11.5. The third kappa shape index (κ3) is 2.90. The maximum atomic E-state index is 11.9. The van der Waals surface area contributed by atoms with Crippen LogP contribution in [0.1, 0.15) is 6.92 Å². The van der Waals surface area contributed by atoms with Crippen LogP contribution >= 0.6 is 0 Å². The summed E-state index contributed by atoms with van der Waals surface area (Å²) < 4.78 is 0. The molecule has 0 aliphatic carbocycles. The average molecular weight is 301 g/mol. The van der Waals surface area contributed by atoms with Crippen molar-refractivity contribution in [1.82, 2.24) is 0 Å². The van der Waals surface area contributed by atoms with Crippen molar-refractivity contribution in [2.24, 2.45) is 0 Å². The van der Waals surface area contributed by atoms with Gasteiger partial charge in [0.15, 0.2) is 0 Å². The van der Waals surface area contributed by atoms with E-state index in [0.29, 0.717) is 5.69 Å². The third-order valence-corrected chi connectivity index (χ3v) is 2.95. The molecule has 8 nitrogen and oxygen atoms in total. The normalized spacial score (nSPS) is 10.0. The SMILES string of the molecule is CC(=O)N(c1ccc([N+](=O)[O-])cc1)c1ccccc1[N+](=O)[O-]. The van der Waals surface area contributed by atoms with Crippen LogP contribution in [0.25, 0.3) is 0 Å². The minimum atomic E-state index is -0.587. The predicted molar refractivity (Wildman–Crippen MR) is 79.0 cm³/mol. The molecule has 0 heterocycles. The van der Waals surface area contributed by atoms with Gasteiger partial charge in [0.2, 0.25) is 5.91 Å². The number of nitrogens with zero attached hydrogens (tertiary/aromatic N) is 3. The van der Waals surface area contributed by atoms with E-state index < -0.39 is 15.8 Å². The van der Waals surface area contributed by atoms with Gasteiger partial charge >= 0.3 is 0 Å². The lowest BCUT2D eigenvalue weighted by atomic mass is 10.2. The van der Waals surface area contributed by atoms with Crippen LogP contribution in [0.3, 0.4) is 0 Å². The topological polar surface area (TPSA) is 107 Å². The molecule has 0 aliphatic rings. The van der Waals surface area contributed by atoms with E-state index in [1.807, 2.05) is 0 Å². The molecule has 0 saturated heterocycles. The number of hydrogen-bond donors (Lipinski definition) is 0. The van der Waals surface area contributed by atoms with E-state index in [4.69, 9.17) is 0 Å². The first kappa shape index (κ1) is 15.1. The highest BCUT2D eigenvalue weighted by molar-refractivity contribution is 6.01. The molecule has 2 aromatic rings. The summed E-state index contributed by atoms with van der Waals surface area (Å²) in [5, 5.41) is 21.8. The quantitative estimate of drug-likeness (QED) is 0.636. The summed E-state index contributed by atoms with van der Waals surface area (Å²) in [6.07, 6.45) is 0. The van der Waals surface area contributed by atoms with Crippen molar-refractivity contribution in [2.45, 2.75) is 6.92 Å². The number of carbonyl (C=O) groups is 1. The predicted octanol–water partition coefficient (Wildman–Crippen LogP) is 3.19. The van der Waals surface area contributed by atoms with Gasteiger partial charge in [0.05, 0.1) is 9.85 Å². The van der Waals surface area contributed by atoms with E-state index in [1.165, 1.54) is 49.4 Å². The van der Waals surface area contributed by atoms with E-state index in [1.54, 1.807) is 6.07 Å². The van der Waals surface area contributed by atoms with Crippen molar-refractivity contribution in [3.05, 3.63) is 68.8 Å². The molecule has 0 aromatic heterocycles. The zero-order valence-electron chi connectivity index (χ0n) is 11.5. The van der Waals surface area contributed by atoms with Gasteiger partial charge in [-0.15, -0.1) is 0 Å². The Bertz CT molecular complexity index is 742. The van der Waals surface area contributed by atoms with E-state index in [-0.39, 0.29) is 17.1 Å². The maximum Gasteiger partial charge on any atom is 0.293 e. The molecule has 2 aromatic carbocycles. The van der Waals surface area contributed by atoms with Crippen LogP contribution in [0.4, 0.5) is 22.7 Å². The number of para-hydroxylation sites is 2. The molecular formula is C14H11N3O5. The van der Waals surface area contributed by atoms with Crippen LogP contribution in [-0.4, -0.2) is 15.8 Å². The molecule has 0 unspecified atom stereocenters. The van der Waals surface area contributed by atoms with Crippen molar-refractivity contribution in [3.8, 4) is 0 Å². The van der Waals surface area contributed by atoms with Crippen molar-refractivity contribution >= 4 is 28.7 Å². The smallest absolute Gasteiger partial charge is 0.275 e. The highest BCUT2D eigenvalue weighted by Crippen LogP contribution is 2.34. The second-order valence-corrected chi connectivity index (χ2v) is 4.37. The molecule has 0 N–H and O–H groups in total. The number of amides is 1. The maximum absolute atomic E-state index is 11.9. The van der Waals surface area contributed by atoms with E-state index in [0.717, 1.165) is 4.90 Å². The molecule has 0 fully saturated rings. The van der Waals surface area contributed by atoms with Crippen LogP contribution in [0.15, 0.2) is 48.5 Å². The minimum absolute atomic E-state index is 0.105. The van der Waals surface area contributed by atoms with Crippen molar-refractivity contribution in [3.63, 3.8) is 0 Å². The van der Waals surface area contributed by atoms with Gasteiger partial charge < -0.3 is 0 Å². The Morgan fingerprint density at radius 2 is 1.55 bits per heavy atom. The molecule has 0 bridgehead atoms. The Balaban J connectivity index is 2.54. The lowest BCUT2D eigenvalue weighted by molar-refractivity contribution is -0.384. The molecule has 1 amide bonds. The summed E-state index contributed by atoms with van der Waals surface area (Å²) in [5.74, 6) is -0.442. The number of nitro groups is 2. The molecule has 112 valence electrons. The highest BCUT2D eigenvalue weighted by atomic mass is 16.6. The van der Waals surface area contributed by atoms with Crippen LogP contribution in [-0.2, 0) is 4.79 Å². The highest BCUT2D eigenvalue weighted by Gasteiger charge is 2.23. The monoisotopic (exact) mass is 301 g/mol. The molecule has 0 atom stereocenters. The summed E-state index contributed by atoms with van der Waals surface area (Å²) in [5.41, 5.74) is 0.0621. The molecule has 2 rings (SSSR count). The minimum Gasteiger partial charge on any atom is -0.275 e. The van der Waals surface area contributed by atoms with Crippen molar-refractivity contribution < 1.29 is 14.6 Å². The Morgan fingerprint density at radius 1 is 0.955 bits per heavy atom. The van der Waals surface area contributed by atoms with Gasteiger partial charge in [0.1, 0.15) is 5.69 Å². The van der Waals surface area contributed by atoms with E-state index >= 15 is 0 Å². The zero-order chi connectivity index (χ0) is 16.3. The first-order valence-corrected chi connectivity index (χ1v) is 6.20. The van der Waals surface area contributed by atoms with Gasteiger partial charge in [-0.1, -0.05) is 12.1 Å². The Morgan fingerprint density at radius 3 is 2.05 bits per heavy atom. The first-order chi connectivity index (χ1) is 10.4. The Kier molecular flexibility index (Phi) is 4.12. The lowest BCUT2D eigenvalue weighted by Crippen LogP contribution is -2.23.